The third-order valence-electron chi connectivity index (χ3n) is 1.14. The summed E-state index contributed by atoms with van der Waals surface area (Å²) >= 11 is 0. The number of hydrogen-bond acceptors (Lipinski definition) is 4. The van der Waals surface area contributed by atoms with Crippen molar-refractivity contribution in [3.8, 4) is 0 Å². The van der Waals surface area contributed by atoms with Crippen molar-refractivity contribution in [3.05, 3.63) is 11.8 Å². The number of ether oxygens (including phenoxy) is 1. The second-order valence-electron chi connectivity index (χ2n) is 2.33. The van der Waals surface area contributed by atoms with E-state index in [1.165, 1.54) is 6.08 Å². The van der Waals surface area contributed by atoms with Crippen LogP contribution in [0.5, 0.6) is 0 Å². The zero-order valence-corrected chi connectivity index (χ0v) is 7.66. The number of nitrogens with one attached hydrogen (secondary N) is 1. The third-order valence-corrected chi connectivity index (χ3v) is 1.14. The van der Waals surface area contributed by atoms with E-state index in [4.69, 9.17) is 5.11 Å². The summed E-state index contributed by atoms with van der Waals surface area (Å²) in [5.41, 5.74) is 0.473. The third kappa shape index (κ3) is 6.86. The largest absolute Gasteiger partial charge is 0.480 e. The van der Waals surface area contributed by atoms with Crippen LogP contribution in [-0.2, 0) is 14.3 Å². The molecule has 0 fully saturated rings. The van der Waals surface area contributed by atoms with E-state index in [1.54, 1.807) is 13.8 Å². The molecule has 0 bridgehead atoms. The fraction of sp³-hybridized carbons (Fsp3) is 0.500. The minimum absolute atomic E-state index is 0.207. The number of hydrogen-bond donors (Lipinski definition) is 2. The Morgan fingerprint density at radius 1 is 1.54 bits per heavy atom. The minimum Gasteiger partial charge on any atom is -0.480 e. The molecule has 5 heteroatoms. The van der Waals surface area contributed by atoms with Crippen molar-refractivity contribution in [2.45, 2.75) is 13.8 Å². The van der Waals surface area contributed by atoms with E-state index in [1.807, 2.05) is 0 Å². The molecule has 5 nitrogen and oxygen atoms in total. The lowest BCUT2D eigenvalue weighted by Crippen LogP contribution is -2.21. The molecule has 74 valence electrons. The van der Waals surface area contributed by atoms with Crippen LogP contribution < -0.4 is 5.32 Å². The lowest BCUT2D eigenvalue weighted by molar-refractivity contribution is -0.138. The molecule has 0 atom stereocenters. The molecule has 0 radical (unpaired) electrons. The van der Waals surface area contributed by atoms with Crippen molar-refractivity contribution in [2.24, 2.45) is 0 Å². The minimum atomic E-state index is -0.975. The van der Waals surface area contributed by atoms with Gasteiger partial charge < -0.3 is 15.2 Å². The normalized spacial score (nSPS) is 10.8. The Balaban J connectivity index is 3.87. The summed E-state index contributed by atoms with van der Waals surface area (Å²) in [6, 6.07) is 0. The van der Waals surface area contributed by atoms with Crippen LogP contribution in [0.4, 0.5) is 0 Å². The maximum absolute atomic E-state index is 10.8. The van der Waals surface area contributed by atoms with Gasteiger partial charge in [-0.05, 0) is 13.8 Å². The Morgan fingerprint density at radius 2 is 2.15 bits per heavy atom. The fourth-order valence-electron chi connectivity index (χ4n) is 0.627. The second-order valence-corrected chi connectivity index (χ2v) is 2.33. The molecular formula is C8H13NO4. The molecule has 0 heterocycles. The lowest BCUT2D eigenvalue weighted by Gasteiger charge is -2.02. The molecule has 13 heavy (non-hydrogen) atoms. The van der Waals surface area contributed by atoms with Gasteiger partial charge in [-0.15, -0.1) is 0 Å². The standard InChI is InChI=1S/C8H13NO4/c1-3-13-8(12)4-6(2)9-5-7(10)11/h4,9H,3,5H2,1-2H3,(H,10,11). The first-order valence-corrected chi connectivity index (χ1v) is 3.87. The number of carbonyl (C=O) groups excluding carboxylic acids is 1. The van der Waals surface area contributed by atoms with Gasteiger partial charge in [0.2, 0.25) is 0 Å². The molecule has 0 spiro atoms. The predicted molar refractivity (Wildman–Crippen MR) is 46.0 cm³/mol. The van der Waals surface area contributed by atoms with Gasteiger partial charge in [-0.3, -0.25) is 4.79 Å². The van der Waals surface area contributed by atoms with Gasteiger partial charge in [-0.1, -0.05) is 0 Å². The van der Waals surface area contributed by atoms with Crippen molar-refractivity contribution in [2.75, 3.05) is 13.2 Å². The van der Waals surface area contributed by atoms with Crippen LogP contribution in [0.3, 0.4) is 0 Å². The molecule has 0 aromatic heterocycles. The Bertz CT molecular complexity index is 222. The van der Waals surface area contributed by atoms with E-state index in [0.717, 1.165) is 0 Å². The van der Waals surface area contributed by atoms with E-state index in [0.29, 0.717) is 12.3 Å². The molecule has 0 amide bonds. The SMILES string of the molecule is CCOC(=O)C=C(C)NCC(=O)O. The zero-order valence-electron chi connectivity index (χ0n) is 7.66. The molecule has 0 rings (SSSR count). The molecule has 0 aliphatic heterocycles. The van der Waals surface area contributed by atoms with Crippen LogP contribution in [0.2, 0.25) is 0 Å². The summed E-state index contributed by atoms with van der Waals surface area (Å²) in [6.07, 6.45) is 1.21. The molecule has 0 unspecified atom stereocenters. The number of carboxylic acids is 1. The van der Waals surface area contributed by atoms with E-state index < -0.39 is 11.9 Å². The molecular weight excluding hydrogens is 174 g/mol. The van der Waals surface area contributed by atoms with E-state index in [9.17, 15) is 9.59 Å². The predicted octanol–water partition coefficient (Wildman–Crippen LogP) is 0.128. The van der Waals surface area contributed by atoms with Gasteiger partial charge in [0.1, 0.15) is 6.54 Å². The number of carbonyl (C=O) groups is 2. The first-order valence-electron chi connectivity index (χ1n) is 3.87. The molecule has 0 saturated heterocycles. The summed E-state index contributed by atoms with van der Waals surface area (Å²) in [6.45, 7) is 3.40. The van der Waals surface area contributed by atoms with Gasteiger partial charge in [0.25, 0.3) is 0 Å². The highest BCUT2D eigenvalue weighted by molar-refractivity contribution is 5.82. The van der Waals surface area contributed by atoms with Crippen LogP contribution in [0.15, 0.2) is 11.8 Å². The quantitative estimate of drug-likeness (QED) is 0.472. The molecule has 0 aliphatic carbocycles. The molecule has 0 saturated carbocycles. The first-order chi connectivity index (χ1) is 6.06. The van der Waals surface area contributed by atoms with Gasteiger partial charge >= 0.3 is 11.9 Å². The Labute approximate surface area is 76.4 Å². The maximum Gasteiger partial charge on any atom is 0.332 e. The average Bonchev–Trinajstić information content (AvgIpc) is 2.01. The Hall–Kier alpha value is -1.52. The van der Waals surface area contributed by atoms with Crippen molar-refractivity contribution in [1.29, 1.82) is 0 Å². The second kappa shape index (κ2) is 6.05. The first kappa shape index (κ1) is 11.5. The Morgan fingerprint density at radius 3 is 2.62 bits per heavy atom. The van der Waals surface area contributed by atoms with Gasteiger partial charge in [0.15, 0.2) is 0 Å². The fourth-order valence-corrected chi connectivity index (χ4v) is 0.627. The number of esters is 1. The van der Waals surface area contributed by atoms with Crippen molar-refractivity contribution in [1.82, 2.24) is 5.32 Å². The highest BCUT2D eigenvalue weighted by Crippen LogP contribution is 1.88. The average molecular weight is 187 g/mol. The van der Waals surface area contributed by atoms with Gasteiger partial charge in [0, 0.05) is 11.8 Å². The van der Waals surface area contributed by atoms with Crippen LogP contribution in [0, 0.1) is 0 Å². The zero-order chi connectivity index (χ0) is 10.3. The Kier molecular flexibility index (Phi) is 5.34. The number of aliphatic carboxylic acids is 1. The summed E-state index contributed by atoms with van der Waals surface area (Å²) in [5, 5.41) is 10.8. The molecule has 0 aromatic rings. The van der Waals surface area contributed by atoms with E-state index in [-0.39, 0.29) is 6.54 Å². The molecule has 2 N–H and O–H groups in total. The van der Waals surface area contributed by atoms with Crippen molar-refractivity contribution < 1.29 is 19.4 Å². The van der Waals surface area contributed by atoms with Crippen LogP contribution in [0.25, 0.3) is 0 Å². The monoisotopic (exact) mass is 187 g/mol. The van der Waals surface area contributed by atoms with Crippen LogP contribution >= 0.6 is 0 Å². The van der Waals surface area contributed by atoms with E-state index >= 15 is 0 Å². The topological polar surface area (TPSA) is 75.6 Å². The lowest BCUT2D eigenvalue weighted by atomic mass is 10.4. The highest BCUT2D eigenvalue weighted by Gasteiger charge is 1.99. The molecule has 0 aliphatic rings. The number of rotatable bonds is 5. The smallest absolute Gasteiger partial charge is 0.332 e. The summed E-state index contributed by atoms with van der Waals surface area (Å²) in [7, 11) is 0. The number of carboxylic acid groups (broad SMARTS) is 1. The van der Waals surface area contributed by atoms with Gasteiger partial charge in [-0.2, -0.15) is 0 Å². The van der Waals surface area contributed by atoms with Crippen LogP contribution in [-0.4, -0.2) is 30.2 Å². The van der Waals surface area contributed by atoms with E-state index in [2.05, 4.69) is 10.1 Å². The summed E-state index contributed by atoms with van der Waals surface area (Å²) in [5.74, 6) is -1.45. The number of allylic oxidation sites excluding steroid dienone is 1. The van der Waals surface area contributed by atoms with Crippen molar-refractivity contribution in [3.63, 3.8) is 0 Å². The van der Waals surface area contributed by atoms with Gasteiger partial charge in [0.05, 0.1) is 6.61 Å². The van der Waals surface area contributed by atoms with Crippen molar-refractivity contribution >= 4 is 11.9 Å². The van der Waals surface area contributed by atoms with Gasteiger partial charge in [-0.25, -0.2) is 4.79 Å². The summed E-state index contributed by atoms with van der Waals surface area (Å²) < 4.78 is 4.62. The van der Waals surface area contributed by atoms with Crippen LogP contribution in [0.1, 0.15) is 13.8 Å². The molecule has 0 aromatic carbocycles. The highest BCUT2D eigenvalue weighted by atomic mass is 16.5. The maximum atomic E-state index is 10.8. The summed E-state index contributed by atoms with van der Waals surface area (Å²) in [4.78, 5) is 20.9.